The first-order valence-corrected chi connectivity index (χ1v) is 23.3. The van der Waals surface area contributed by atoms with Gasteiger partial charge in [-0.3, -0.25) is 0 Å². The van der Waals surface area contributed by atoms with Crippen molar-refractivity contribution in [1.29, 1.82) is 0 Å². The number of hydrogen-bond donors (Lipinski definition) is 0. The maximum absolute atomic E-state index is 11.1. The second-order valence-corrected chi connectivity index (χ2v) is 17.5. The summed E-state index contributed by atoms with van der Waals surface area (Å²) in [6.07, 6.45) is 12.1. The van der Waals surface area contributed by atoms with Gasteiger partial charge in [0.05, 0.1) is 33.5 Å². The van der Waals surface area contributed by atoms with E-state index in [-0.39, 0.29) is 79.4 Å². The number of unbranched alkanes of at least 4 members (excludes halogenated alkanes) is 9. The molecular weight excluding hydrogens is 805 g/mol. The van der Waals surface area contributed by atoms with Crippen LogP contribution in [0, 0.1) is 0 Å². The fraction of sp³-hybridized carbons (Fsp3) is 0.478. The van der Waals surface area contributed by atoms with Crippen LogP contribution in [0.1, 0.15) is 114 Å². The van der Waals surface area contributed by atoms with Gasteiger partial charge in [-0.1, -0.05) is 144 Å². The Morgan fingerprint density at radius 1 is 0.542 bits per heavy atom. The van der Waals surface area contributed by atoms with E-state index >= 15 is 0 Å². The van der Waals surface area contributed by atoms with Crippen molar-refractivity contribution < 1.29 is 94.5 Å². The third-order valence-electron chi connectivity index (χ3n) is 10.0. The molecule has 0 aliphatic rings. The number of nitrogens with zero attached hydrogens (tertiary/aromatic N) is 1. The smallest absolute Gasteiger partial charge is 0.748 e. The molecule has 0 saturated carbocycles. The number of ether oxygens (including phenoxy) is 2. The minimum Gasteiger partial charge on any atom is -0.748 e. The maximum atomic E-state index is 11.1. The third kappa shape index (κ3) is 20.3. The fourth-order valence-electron chi connectivity index (χ4n) is 7.04. The molecule has 0 radical (unpaired) electrons. The van der Waals surface area contributed by atoms with Crippen LogP contribution in [0.2, 0.25) is 0 Å². The molecule has 0 aliphatic carbocycles. The van der Waals surface area contributed by atoms with Gasteiger partial charge in [0.1, 0.15) is 11.4 Å². The molecule has 0 fully saturated rings. The van der Waals surface area contributed by atoms with Crippen LogP contribution in [0.5, 0.6) is 5.75 Å². The summed E-state index contributed by atoms with van der Waals surface area (Å²) < 4.78 is 79.9. The zero-order valence-electron chi connectivity index (χ0n) is 34.9. The molecule has 4 aromatic rings. The number of anilines is 1. The second-order valence-electron chi connectivity index (χ2n) is 14.5. The van der Waals surface area contributed by atoms with Crippen LogP contribution in [0.15, 0.2) is 109 Å². The van der Waals surface area contributed by atoms with Gasteiger partial charge in [0, 0.05) is 30.3 Å². The summed E-state index contributed by atoms with van der Waals surface area (Å²) in [5.74, 6) is -0.0237. The standard InChI is InChI=1S/C45H61NO8S2.CH4.2Na/c1-2-3-4-5-6-7-8-17-35-53-44-30-26-42(27-31-44)45(40-20-11-9-12-21-40,41-22-13-10-14-23-41)54-36-32-39-24-28-43(29-25-39)46(33-15-18-37-55(47,48)49)34-16-19-38-56(50,51)52;;;/h9-14,20-31H,2-8,15-19,32-38H2,1H3,(H,47,48,49)(H,50,51,52);1H4;;/q;;2*+1/p-2. The SMILES string of the molecule is C.CCCCCCCCCCOc1ccc(C(OCCc2ccc(N(CCCCS(=O)(=O)[O-])CCCCS(=O)(=O)[O-])cc2)(c2ccccc2)c2ccccc2)cc1.[Na+].[Na+]. The van der Waals surface area contributed by atoms with Crippen molar-refractivity contribution in [2.45, 2.75) is 103 Å². The first-order chi connectivity index (χ1) is 27.0. The topological polar surface area (TPSA) is 136 Å². The molecule has 0 aromatic heterocycles. The summed E-state index contributed by atoms with van der Waals surface area (Å²) in [5, 5.41) is 0. The normalized spacial score (nSPS) is 11.5. The molecule has 59 heavy (non-hydrogen) atoms. The van der Waals surface area contributed by atoms with Crippen molar-refractivity contribution in [1.82, 2.24) is 0 Å². The minimum atomic E-state index is -4.30. The quantitative estimate of drug-likeness (QED) is 0.0361. The largest absolute Gasteiger partial charge is 1.00 e. The molecular formula is C46H63NNa2O8S2. The summed E-state index contributed by atoms with van der Waals surface area (Å²) in [6.45, 7) is 4.33. The van der Waals surface area contributed by atoms with Crippen molar-refractivity contribution >= 4 is 25.9 Å². The van der Waals surface area contributed by atoms with Gasteiger partial charge in [0.2, 0.25) is 0 Å². The molecule has 0 heterocycles. The van der Waals surface area contributed by atoms with E-state index in [9.17, 15) is 25.9 Å². The summed E-state index contributed by atoms with van der Waals surface area (Å²) in [7, 11) is -8.60. The summed E-state index contributed by atoms with van der Waals surface area (Å²) in [4.78, 5) is 2.04. The van der Waals surface area contributed by atoms with E-state index in [1.54, 1.807) is 0 Å². The van der Waals surface area contributed by atoms with Crippen molar-refractivity contribution in [3.8, 4) is 5.75 Å². The van der Waals surface area contributed by atoms with Crippen molar-refractivity contribution in [3.05, 3.63) is 131 Å². The van der Waals surface area contributed by atoms with Crippen molar-refractivity contribution in [3.63, 3.8) is 0 Å². The predicted molar refractivity (Wildman–Crippen MR) is 230 cm³/mol. The minimum absolute atomic E-state index is 0. The van der Waals surface area contributed by atoms with E-state index in [2.05, 4.69) is 43.3 Å². The van der Waals surface area contributed by atoms with Crippen LogP contribution in [-0.2, 0) is 37.0 Å². The average Bonchev–Trinajstić information content (AvgIpc) is 3.19. The van der Waals surface area contributed by atoms with Crippen LogP contribution >= 0.6 is 0 Å². The zero-order valence-corrected chi connectivity index (χ0v) is 40.5. The molecule has 0 aliphatic heterocycles. The van der Waals surface area contributed by atoms with Crippen LogP contribution in [0.3, 0.4) is 0 Å². The molecule has 0 saturated heterocycles. The molecule has 0 bridgehead atoms. The van der Waals surface area contributed by atoms with E-state index in [4.69, 9.17) is 9.47 Å². The van der Waals surface area contributed by atoms with E-state index < -0.39 is 37.3 Å². The third-order valence-corrected chi connectivity index (χ3v) is 11.6. The van der Waals surface area contributed by atoms with Gasteiger partial charge in [-0.25, -0.2) is 16.8 Å². The fourth-order valence-corrected chi connectivity index (χ4v) is 8.15. The Labute approximate surface area is 400 Å². The van der Waals surface area contributed by atoms with Gasteiger partial charge >= 0.3 is 59.1 Å². The monoisotopic (exact) mass is 867 g/mol. The Bertz CT molecular complexity index is 1820. The van der Waals surface area contributed by atoms with E-state index in [0.717, 1.165) is 40.1 Å². The first-order valence-electron chi connectivity index (χ1n) is 20.2. The van der Waals surface area contributed by atoms with Gasteiger partial charge in [0.25, 0.3) is 0 Å². The molecule has 4 rings (SSSR count). The molecule has 0 amide bonds. The maximum Gasteiger partial charge on any atom is 1.00 e. The van der Waals surface area contributed by atoms with Gasteiger partial charge in [-0.15, -0.1) is 0 Å². The van der Waals surface area contributed by atoms with Gasteiger partial charge < -0.3 is 23.5 Å². The van der Waals surface area contributed by atoms with Crippen LogP contribution in [0.25, 0.3) is 0 Å². The molecule has 314 valence electrons. The second kappa shape index (κ2) is 29.5. The molecule has 0 atom stereocenters. The van der Waals surface area contributed by atoms with Crippen molar-refractivity contribution in [2.75, 3.05) is 42.7 Å². The molecule has 4 aromatic carbocycles. The zero-order chi connectivity index (χ0) is 40.1. The number of hydrogen-bond acceptors (Lipinski definition) is 9. The molecule has 9 nitrogen and oxygen atoms in total. The number of benzene rings is 4. The Balaban J connectivity index is 0.00000580. The first kappa shape index (κ1) is 55.3. The van der Waals surface area contributed by atoms with Crippen LogP contribution in [-0.4, -0.2) is 63.8 Å². The number of rotatable bonds is 28. The van der Waals surface area contributed by atoms with Gasteiger partial charge in [-0.05, 0) is 85.0 Å². The Morgan fingerprint density at radius 2 is 1.00 bits per heavy atom. The Hall–Kier alpha value is -1.74. The van der Waals surface area contributed by atoms with Gasteiger partial charge in [0.15, 0.2) is 0 Å². The van der Waals surface area contributed by atoms with E-state index in [1.807, 2.05) is 77.7 Å². The van der Waals surface area contributed by atoms with E-state index in [0.29, 0.717) is 45.6 Å². The average molecular weight is 868 g/mol. The van der Waals surface area contributed by atoms with Crippen LogP contribution < -0.4 is 68.8 Å². The van der Waals surface area contributed by atoms with Gasteiger partial charge in [-0.2, -0.15) is 0 Å². The summed E-state index contributed by atoms with van der Waals surface area (Å²) in [6, 6.07) is 36.8. The predicted octanol–water partition coefficient (Wildman–Crippen LogP) is 3.86. The van der Waals surface area contributed by atoms with E-state index in [1.165, 1.54) is 44.9 Å². The molecule has 0 unspecified atom stereocenters. The molecule has 0 N–H and O–H groups in total. The molecule has 13 heteroatoms. The summed E-state index contributed by atoms with van der Waals surface area (Å²) >= 11 is 0. The molecule has 0 spiro atoms. The Kier molecular flexibility index (Phi) is 27.7. The summed E-state index contributed by atoms with van der Waals surface area (Å²) in [5.41, 5.74) is 4.08. The van der Waals surface area contributed by atoms with Crippen LogP contribution in [0.4, 0.5) is 5.69 Å². The Morgan fingerprint density at radius 3 is 1.47 bits per heavy atom. The van der Waals surface area contributed by atoms with Crippen molar-refractivity contribution in [2.24, 2.45) is 0 Å².